The molecule has 0 spiro atoms. The maximum Gasteiger partial charge on any atom is 0.317 e. The molecule has 3 rings (SSSR count). The highest BCUT2D eigenvalue weighted by Crippen LogP contribution is 2.33. The van der Waals surface area contributed by atoms with Gasteiger partial charge in [-0.3, -0.25) is 9.69 Å². The highest BCUT2D eigenvalue weighted by atomic mass is 19.1. The minimum atomic E-state index is -0.733. The number of carboxylic acids is 1. The Balaban J connectivity index is 1.41. The Hall–Kier alpha value is -1.46. The molecule has 2 N–H and O–H groups in total. The summed E-state index contributed by atoms with van der Waals surface area (Å²) in [5.74, 6) is -0.231. The third-order valence-corrected chi connectivity index (χ3v) is 4.67. The van der Waals surface area contributed by atoms with E-state index < -0.39 is 5.97 Å². The number of halogens is 1. The van der Waals surface area contributed by atoms with Crippen LogP contribution in [0.1, 0.15) is 31.2 Å². The van der Waals surface area contributed by atoms with E-state index in [1.807, 2.05) is 0 Å². The lowest BCUT2D eigenvalue weighted by Crippen LogP contribution is -2.54. The second-order valence-electron chi connectivity index (χ2n) is 6.60. The van der Waals surface area contributed by atoms with Crippen LogP contribution in [0.3, 0.4) is 0 Å². The second-order valence-corrected chi connectivity index (χ2v) is 6.60. The molecule has 1 aromatic carbocycles. The first kappa shape index (κ1) is 15.4. The summed E-state index contributed by atoms with van der Waals surface area (Å²) < 4.78 is 12.8. The van der Waals surface area contributed by atoms with Crippen LogP contribution in [0.2, 0.25) is 0 Å². The van der Waals surface area contributed by atoms with Crippen LogP contribution in [0.5, 0.6) is 0 Å². The van der Waals surface area contributed by atoms with Crippen molar-refractivity contribution in [2.45, 2.75) is 44.3 Å². The number of nitrogens with one attached hydrogen (secondary N) is 1. The van der Waals surface area contributed by atoms with Crippen molar-refractivity contribution in [3.8, 4) is 0 Å². The molecule has 4 nitrogen and oxygen atoms in total. The molecule has 0 bridgehead atoms. The summed E-state index contributed by atoms with van der Waals surface area (Å²) in [6, 6.07) is 7.37. The topological polar surface area (TPSA) is 52.6 Å². The summed E-state index contributed by atoms with van der Waals surface area (Å²) in [6.07, 6.45) is 4.49. The Morgan fingerprint density at radius 2 is 1.95 bits per heavy atom. The molecule has 120 valence electrons. The lowest BCUT2D eigenvalue weighted by Gasteiger charge is -2.43. The average molecular weight is 306 g/mol. The second kappa shape index (κ2) is 6.75. The number of hydrogen-bond acceptors (Lipinski definition) is 3. The first-order valence-electron chi connectivity index (χ1n) is 8.04. The van der Waals surface area contributed by atoms with Gasteiger partial charge in [-0.05, 0) is 49.3 Å². The minimum absolute atomic E-state index is 0.159. The van der Waals surface area contributed by atoms with Crippen molar-refractivity contribution in [1.29, 1.82) is 0 Å². The number of nitrogens with zero attached hydrogens (tertiary/aromatic N) is 1. The van der Waals surface area contributed by atoms with E-state index >= 15 is 0 Å². The highest BCUT2D eigenvalue weighted by Gasteiger charge is 2.36. The lowest BCUT2D eigenvalue weighted by atomic mass is 9.85. The van der Waals surface area contributed by atoms with E-state index in [2.05, 4.69) is 10.2 Å². The van der Waals surface area contributed by atoms with Crippen LogP contribution in [0.4, 0.5) is 4.39 Å². The molecular formula is C17H23FN2O2. The summed E-state index contributed by atoms with van der Waals surface area (Å²) >= 11 is 0. The van der Waals surface area contributed by atoms with Crippen molar-refractivity contribution < 1.29 is 14.3 Å². The van der Waals surface area contributed by atoms with Crippen LogP contribution in [-0.4, -0.2) is 41.1 Å². The zero-order valence-corrected chi connectivity index (χ0v) is 12.7. The molecule has 0 amide bonds. The highest BCUT2D eigenvalue weighted by molar-refractivity contribution is 5.69. The maximum atomic E-state index is 12.8. The van der Waals surface area contributed by atoms with Crippen LogP contribution in [0, 0.1) is 11.7 Å². The van der Waals surface area contributed by atoms with E-state index in [9.17, 15) is 9.18 Å². The fourth-order valence-electron chi connectivity index (χ4n) is 3.07. The molecule has 0 aromatic heterocycles. The van der Waals surface area contributed by atoms with E-state index in [0.717, 1.165) is 31.5 Å². The molecule has 5 heteroatoms. The molecule has 2 aliphatic carbocycles. The van der Waals surface area contributed by atoms with E-state index in [1.54, 1.807) is 12.1 Å². The van der Waals surface area contributed by atoms with Gasteiger partial charge in [-0.25, -0.2) is 4.39 Å². The van der Waals surface area contributed by atoms with Crippen molar-refractivity contribution in [2.24, 2.45) is 5.92 Å². The van der Waals surface area contributed by atoms with Gasteiger partial charge < -0.3 is 10.4 Å². The van der Waals surface area contributed by atoms with Gasteiger partial charge in [-0.2, -0.15) is 0 Å². The smallest absolute Gasteiger partial charge is 0.317 e. The Kier molecular flexibility index (Phi) is 4.74. The number of hydrogen-bond donors (Lipinski definition) is 2. The van der Waals surface area contributed by atoms with Gasteiger partial charge in [0.1, 0.15) is 5.82 Å². The van der Waals surface area contributed by atoms with Crippen molar-refractivity contribution in [1.82, 2.24) is 10.2 Å². The molecule has 0 heterocycles. The average Bonchev–Trinajstić information content (AvgIpc) is 3.22. The van der Waals surface area contributed by atoms with Gasteiger partial charge >= 0.3 is 5.97 Å². The Morgan fingerprint density at radius 1 is 1.27 bits per heavy atom. The van der Waals surface area contributed by atoms with Crippen LogP contribution in [0.15, 0.2) is 24.3 Å². The summed E-state index contributed by atoms with van der Waals surface area (Å²) in [6.45, 7) is 1.83. The SMILES string of the molecule is O=C(O)CN(CC1CC1)C1CC(NCc2ccc(F)cc2)C1. The molecule has 0 unspecified atom stereocenters. The normalized spacial score (nSPS) is 24.3. The fraction of sp³-hybridized carbons (Fsp3) is 0.588. The van der Waals surface area contributed by atoms with E-state index in [0.29, 0.717) is 18.0 Å². The van der Waals surface area contributed by atoms with Crippen molar-refractivity contribution in [2.75, 3.05) is 13.1 Å². The standard InChI is InChI=1S/C17H23FN2O2/c18-14-5-3-12(4-6-14)9-19-15-7-16(8-15)20(11-17(21)22)10-13-1-2-13/h3-6,13,15-16,19H,1-2,7-11H2,(H,21,22). The largest absolute Gasteiger partial charge is 0.480 e. The van der Waals surface area contributed by atoms with Crippen molar-refractivity contribution >= 4 is 5.97 Å². The summed E-state index contributed by atoms with van der Waals surface area (Å²) in [7, 11) is 0. The van der Waals surface area contributed by atoms with Gasteiger partial charge in [0.2, 0.25) is 0 Å². The number of carboxylic acid groups (broad SMARTS) is 1. The molecule has 2 aliphatic rings. The monoisotopic (exact) mass is 306 g/mol. The van der Waals surface area contributed by atoms with Gasteiger partial charge in [0.05, 0.1) is 6.54 Å². The van der Waals surface area contributed by atoms with Crippen LogP contribution < -0.4 is 5.32 Å². The summed E-state index contributed by atoms with van der Waals surface area (Å²) in [5, 5.41) is 12.5. The minimum Gasteiger partial charge on any atom is -0.480 e. The summed E-state index contributed by atoms with van der Waals surface area (Å²) in [5.41, 5.74) is 1.07. The predicted octanol–water partition coefficient (Wildman–Crippen LogP) is 2.24. The van der Waals surface area contributed by atoms with Gasteiger partial charge in [-0.15, -0.1) is 0 Å². The zero-order chi connectivity index (χ0) is 15.5. The number of benzene rings is 1. The number of rotatable bonds is 8. The zero-order valence-electron chi connectivity index (χ0n) is 12.7. The van der Waals surface area contributed by atoms with Gasteiger partial charge in [0.25, 0.3) is 0 Å². The number of carbonyl (C=O) groups is 1. The fourth-order valence-corrected chi connectivity index (χ4v) is 3.07. The molecule has 1 aromatic rings. The Morgan fingerprint density at radius 3 is 2.55 bits per heavy atom. The van der Waals surface area contributed by atoms with Crippen LogP contribution >= 0.6 is 0 Å². The molecule has 22 heavy (non-hydrogen) atoms. The van der Waals surface area contributed by atoms with Crippen LogP contribution in [-0.2, 0) is 11.3 Å². The van der Waals surface area contributed by atoms with E-state index in [1.165, 1.54) is 25.0 Å². The third-order valence-electron chi connectivity index (χ3n) is 4.67. The Bertz CT molecular complexity index is 510. The molecule has 0 aliphatic heterocycles. The van der Waals surface area contributed by atoms with E-state index in [4.69, 9.17) is 5.11 Å². The van der Waals surface area contributed by atoms with Crippen LogP contribution in [0.25, 0.3) is 0 Å². The first-order chi connectivity index (χ1) is 10.6. The van der Waals surface area contributed by atoms with E-state index in [-0.39, 0.29) is 12.4 Å². The molecule has 0 radical (unpaired) electrons. The van der Waals surface area contributed by atoms with Crippen molar-refractivity contribution in [3.63, 3.8) is 0 Å². The quantitative estimate of drug-likeness (QED) is 0.773. The maximum absolute atomic E-state index is 12.8. The van der Waals surface area contributed by atoms with Crippen molar-refractivity contribution in [3.05, 3.63) is 35.6 Å². The molecule has 0 atom stereocenters. The van der Waals surface area contributed by atoms with Gasteiger partial charge in [0.15, 0.2) is 0 Å². The Labute approximate surface area is 130 Å². The first-order valence-corrected chi connectivity index (χ1v) is 8.04. The third kappa shape index (κ3) is 4.27. The molecule has 2 fully saturated rings. The lowest BCUT2D eigenvalue weighted by molar-refractivity contribution is -0.139. The number of aliphatic carboxylic acids is 1. The summed E-state index contributed by atoms with van der Waals surface area (Å²) in [4.78, 5) is 13.1. The molecular weight excluding hydrogens is 283 g/mol. The van der Waals surface area contributed by atoms with Gasteiger partial charge in [-0.1, -0.05) is 12.1 Å². The van der Waals surface area contributed by atoms with Gasteiger partial charge in [0, 0.05) is 25.2 Å². The molecule has 2 saturated carbocycles. The molecule has 0 saturated heterocycles. The predicted molar refractivity (Wildman–Crippen MR) is 82.0 cm³/mol.